The zero-order valence-corrected chi connectivity index (χ0v) is 17.4. The molecule has 3 aromatic carbocycles. The minimum absolute atomic E-state index is 0.0411. The Labute approximate surface area is 179 Å². The van der Waals surface area contributed by atoms with E-state index in [0.717, 1.165) is 0 Å². The van der Waals surface area contributed by atoms with Gasteiger partial charge in [0.15, 0.2) is 0 Å². The van der Waals surface area contributed by atoms with E-state index in [9.17, 15) is 22.0 Å². The third-order valence-corrected chi connectivity index (χ3v) is 6.23. The van der Waals surface area contributed by atoms with Crippen LogP contribution in [0.15, 0.2) is 83.8 Å². The largest absolute Gasteiger partial charge is 0.435 e. The van der Waals surface area contributed by atoms with Gasteiger partial charge in [0.05, 0.1) is 10.6 Å². The number of hydrogen-bond acceptors (Lipinski definition) is 4. The number of carbonyl (C=O) groups excluding carboxylic acids is 1. The van der Waals surface area contributed by atoms with Gasteiger partial charge in [0.25, 0.3) is 15.9 Å². The molecule has 0 heterocycles. The van der Waals surface area contributed by atoms with Crippen molar-refractivity contribution in [1.29, 1.82) is 0 Å². The number of alkyl halides is 2. The molecule has 0 saturated carbocycles. The topological polar surface area (TPSA) is 75.7 Å². The van der Waals surface area contributed by atoms with Gasteiger partial charge in [0.1, 0.15) is 5.75 Å². The van der Waals surface area contributed by atoms with Gasteiger partial charge in [0, 0.05) is 23.9 Å². The Kier molecular flexibility index (Phi) is 6.86. The number of hydrogen-bond donors (Lipinski definition) is 1. The molecule has 0 spiro atoms. The molecular weight excluding hydrogens is 426 g/mol. The number of carbonyl (C=O) groups is 1. The van der Waals surface area contributed by atoms with E-state index in [2.05, 4.69) is 10.1 Å². The Hall–Kier alpha value is -3.46. The lowest BCUT2D eigenvalue weighted by molar-refractivity contribution is -0.0498. The second-order valence-electron chi connectivity index (χ2n) is 6.39. The number of nitrogens with zero attached hydrogens (tertiary/aromatic N) is 1. The maximum Gasteiger partial charge on any atom is 0.387 e. The maximum atomic E-state index is 13.2. The minimum Gasteiger partial charge on any atom is -0.435 e. The number of rotatable bonds is 8. The number of halogens is 2. The number of ether oxygens (including phenoxy) is 1. The molecule has 0 radical (unpaired) electrons. The highest BCUT2D eigenvalue weighted by Gasteiger charge is 2.24. The molecule has 0 aliphatic rings. The monoisotopic (exact) mass is 446 g/mol. The van der Waals surface area contributed by atoms with E-state index in [4.69, 9.17) is 0 Å². The summed E-state index contributed by atoms with van der Waals surface area (Å²) in [5, 5.41) is 2.55. The van der Waals surface area contributed by atoms with Gasteiger partial charge < -0.3 is 10.1 Å². The van der Waals surface area contributed by atoms with Gasteiger partial charge in [0.2, 0.25) is 0 Å². The van der Waals surface area contributed by atoms with Crippen molar-refractivity contribution in [3.8, 4) is 5.75 Å². The maximum absolute atomic E-state index is 13.2. The summed E-state index contributed by atoms with van der Waals surface area (Å²) < 4.78 is 56.6. The molecule has 0 atom stereocenters. The number of nitrogens with one attached hydrogen (secondary N) is 1. The van der Waals surface area contributed by atoms with E-state index in [1.165, 1.54) is 52.8 Å². The zero-order valence-electron chi connectivity index (χ0n) is 16.5. The number of benzene rings is 3. The first-order valence-electron chi connectivity index (χ1n) is 9.35. The van der Waals surface area contributed by atoms with Crippen LogP contribution in [0.25, 0.3) is 0 Å². The van der Waals surface area contributed by atoms with Crippen LogP contribution in [-0.4, -0.2) is 27.5 Å². The van der Waals surface area contributed by atoms with Crippen LogP contribution in [0.5, 0.6) is 5.75 Å². The Morgan fingerprint density at radius 1 is 1.00 bits per heavy atom. The van der Waals surface area contributed by atoms with Crippen LogP contribution < -0.4 is 14.4 Å². The molecule has 0 unspecified atom stereocenters. The molecule has 1 amide bonds. The summed E-state index contributed by atoms with van der Waals surface area (Å²) in [6, 6.07) is 19.8. The Balaban J connectivity index is 1.85. The fraction of sp³-hybridized carbons (Fsp3) is 0.136. The van der Waals surface area contributed by atoms with Gasteiger partial charge in [-0.25, -0.2) is 8.42 Å². The molecule has 3 rings (SSSR count). The SMILES string of the molecule is CCN(c1ccccc1)S(=O)(=O)c1cccc(C(=O)Nc2cccc(OC(F)F)c2)c1. The predicted octanol–water partition coefficient (Wildman–Crippen LogP) is 4.76. The molecule has 9 heteroatoms. The molecule has 0 saturated heterocycles. The first kappa shape index (κ1) is 22.2. The molecule has 162 valence electrons. The summed E-state index contributed by atoms with van der Waals surface area (Å²) in [7, 11) is -3.90. The first-order valence-corrected chi connectivity index (χ1v) is 10.8. The van der Waals surface area contributed by atoms with E-state index in [1.807, 2.05) is 0 Å². The van der Waals surface area contributed by atoms with Gasteiger partial charge in [-0.2, -0.15) is 8.78 Å². The Morgan fingerprint density at radius 2 is 1.71 bits per heavy atom. The number of amides is 1. The molecule has 0 aliphatic carbocycles. The normalized spacial score (nSPS) is 11.2. The number of sulfonamides is 1. The fourth-order valence-corrected chi connectivity index (χ4v) is 4.48. The van der Waals surface area contributed by atoms with Crippen molar-refractivity contribution in [3.05, 3.63) is 84.4 Å². The van der Waals surface area contributed by atoms with Crippen LogP contribution in [0.1, 0.15) is 17.3 Å². The summed E-state index contributed by atoms with van der Waals surface area (Å²) >= 11 is 0. The van der Waals surface area contributed by atoms with E-state index in [1.54, 1.807) is 37.3 Å². The molecule has 3 aromatic rings. The van der Waals surface area contributed by atoms with E-state index in [0.29, 0.717) is 5.69 Å². The van der Waals surface area contributed by atoms with Gasteiger partial charge in [-0.3, -0.25) is 9.10 Å². The molecule has 6 nitrogen and oxygen atoms in total. The lowest BCUT2D eigenvalue weighted by Crippen LogP contribution is -2.30. The summed E-state index contributed by atoms with van der Waals surface area (Å²) in [6.07, 6.45) is 0. The molecule has 0 fully saturated rings. The number of para-hydroxylation sites is 1. The van der Waals surface area contributed by atoms with Crippen LogP contribution >= 0.6 is 0 Å². The van der Waals surface area contributed by atoms with Crippen molar-refractivity contribution in [2.75, 3.05) is 16.2 Å². The smallest absolute Gasteiger partial charge is 0.387 e. The van der Waals surface area contributed by atoms with E-state index < -0.39 is 22.5 Å². The van der Waals surface area contributed by atoms with Crippen LogP contribution in [0.3, 0.4) is 0 Å². The third kappa shape index (κ3) is 5.37. The molecule has 1 N–H and O–H groups in total. The summed E-state index contributed by atoms with van der Waals surface area (Å²) in [4.78, 5) is 12.6. The fourth-order valence-electron chi connectivity index (χ4n) is 2.96. The van der Waals surface area contributed by atoms with Crippen molar-refractivity contribution in [1.82, 2.24) is 0 Å². The highest BCUT2D eigenvalue weighted by atomic mass is 32.2. The molecule has 0 aliphatic heterocycles. The van der Waals surface area contributed by atoms with Crippen LogP contribution in [0.4, 0.5) is 20.2 Å². The highest BCUT2D eigenvalue weighted by Crippen LogP contribution is 2.25. The standard InChI is InChI=1S/C22H20F2N2O4S/c1-2-26(18-10-4-3-5-11-18)31(28,29)20-13-6-8-16(14-20)21(27)25-17-9-7-12-19(15-17)30-22(23)24/h3-15,22H,2H2,1H3,(H,25,27). The Morgan fingerprint density at radius 3 is 2.39 bits per heavy atom. The van der Waals surface area contributed by atoms with Crippen LogP contribution in [-0.2, 0) is 10.0 Å². The van der Waals surface area contributed by atoms with Gasteiger partial charge >= 0.3 is 6.61 Å². The lowest BCUT2D eigenvalue weighted by Gasteiger charge is -2.23. The summed E-state index contributed by atoms with van der Waals surface area (Å²) in [5.74, 6) is -0.695. The minimum atomic E-state index is -3.90. The summed E-state index contributed by atoms with van der Waals surface area (Å²) in [6.45, 7) is -1.06. The molecule has 0 aromatic heterocycles. The second-order valence-corrected chi connectivity index (χ2v) is 8.26. The van der Waals surface area contributed by atoms with Crippen LogP contribution in [0.2, 0.25) is 0 Å². The zero-order chi connectivity index (χ0) is 22.4. The quantitative estimate of drug-likeness (QED) is 0.542. The number of anilines is 2. The van der Waals surface area contributed by atoms with Crippen molar-refractivity contribution in [2.45, 2.75) is 18.4 Å². The molecule has 31 heavy (non-hydrogen) atoms. The third-order valence-electron chi connectivity index (χ3n) is 4.33. The lowest BCUT2D eigenvalue weighted by atomic mass is 10.2. The van der Waals surface area contributed by atoms with Crippen molar-refractivity contribution >= 4 is 27.3 Å². The van der Waals surface area contributed by atoms with Crippen molar-refractivity contribution in [2.24, 2.45) is 0 Å². The first-order chi connectivity index (χ1) is 14.8. The second kappa shape index (κ2) is 9.57. The van der Waals surface area contributed by atoms with E-state index in [-0.39, 0.29) is 28.4 Å². The van der Waals surface area contributed by atoms with Gasteiger partial charge in [-0.05, 0) is 49.4 Å². The van der Waals surface area contributed by atoms with Crippen molar-refractivity contribution < 1.29 is 26.7 Å². The Bertz CT molecular complexity index is 1150. The molecular formula is C22H20F2N2O4S. The average molecular weight is 446 g/mol. The summed E-state index contributed by atoms with van der Waals surface area (Å²) in [5.41, 5.74) is 0.844. The molecule has 0 bridgehead atoms. The van der Waals surface area contributed by atoms with Gasteiger partial charge in [-0.1, -0.05) is 30.3 Å². The van der Waals surface area contributed by atoms with Gasteiger partial charge in [-0.15, -0.1) is 0 Å². The predicted molar refractivity (Wildman–Crippen MR) is 114 cm³/mol. The van der Waals surface area contributed by atoms with Crippen LogP contribution in [0, 0.1) is 0 Å². The average Bonchev–Trinajstić information content (AvgIpc) is 2.75. The highest BCUT2D eigenvalue weighted by molar-refractivity contribution is 7.92. The van der Waals surface area contributed by atoms with Crippen molar-refractivity contribution in [3.63, 3.8) is 0 Å². The van der Waals surface area contributed by atoms with E-state index >= 15 is 0 Å².